The van der Waals surface area contributed by atoms with E-state index in [1.807, 2.05) is 0 Å². The summed E-state index contributed by atoms with van der Waals surface area (Å²) in [5.74, 6) is -1.23. The number of carbonyl (C=O) groups is 4. The summed E-state index contributed by atoms with van der Waals surface area (Å²) < 4.78 is 10.4. The minimum Gasteiger partial charge on any atom is -0.379 e. The fraction of sp³-hybridized carbons (Fsp3) is 0.647. The Bertz CT molecular complexity index is 550. The molecule has 0 fully saturated rings. The van der Waals surface area contributed by atoms with Gasteiger partial charge in [0, 0.05) is 31.7 Å². The lowest BCUT2D eigenvalue weighted by molar-refractivity contribution is -0.138. The predicted octanol–water partition coefficient (Wildman–Crippen LogP) is -2.50. The Hall–Kier alpha value is -2.34. The van der Waals surface area contributed by atoms with Crippen LogP contribution in [0.4, 0.5) is 0 Å². The second-order valence-electron chi connectivity index (χ2n) is 5.87. The number of rotatable bonds is 15. The zero-order valence-electron chi connectivity index (χ0n) is 15.9. The zero-order chi connectivity index (χ0) is 20.8. The number of imide groups is 1. The van der Waals surface area contributed by atoms with Gasteiger partial charge in [-0.05, 0) is 13.5 Å². The molecule has 1 unspecified atom stereocenters. The number of nitrogens with zero attached hydrogens (tertiary/aromatic N) is 1. The van der Waals surface area contributed by atoms with Crippen LogP contribution in [0.5, 0.6) is 0 Å². The molecule has 1 aliphatic heterocycles. The highest BCUT2D eigenvalue weighted by Gasteiger charge is 2.22. The van der Waals surface area contributed by atoms with Crippen LogP contribution in [0, 0.1) is 0 Å². The van der Waals surface area contributed by atoms with Gasteiger partial charge in [0.05, 0.1) is 26.4 Å². The van der Waals surface area contributed by atoms with Gasteiger partial charge in [-0.3, -0.25) is 29.4 Å². The largest absolute Gasteiger partial charge is 0.379 e. The van der Waals surface area contributed by atoms with Crippen LogP contribution in [0.15, 0.2) is 12.2 Å². The molecule has 0 saturated heterocycles. The van der Waals surface area contributed by atoms with E-state index in [-0.39, 0.29) is 76.1 Å². The number of carbonyl (C=O) groups excluding carboxylic acids is 4. The van der Waals surface area contributed by atoms with Crippen LogP contribution in [0.2, 0.25) is 0 Å². The summed E-state index contributed by atoms with van der Waals surface area (Å²) in [4.78, 5) is 46.7. The first kappa shape index (κ1) is 23.7. The minimum absolute atomic E-state index is 0.140. The molecule has 0 aromatic rings. The molecule has 158 valence electrons. The summed E-state index contributed by atoms with van der Waals surface area (Å²) in [6.45, 7) is 1.20. The number of ether oxygens (including phenoxy) is 2. The molecule has 0 spiro atoms. The van der Waals surface area contributed by atoms with Crippen molar-refractivity contribution in [2.75, 3.05) is 53.1 Å². The molecule has 1 heterocycles. The highest BCUT2D eigenvalue weighted by Crippen LogP contribution is 2.02. The third-order valence-corrected chi connectivity index (χ3v) is 3.71. The van der Waals surface area contributed by atoms with Crippen LogP contribution in [-0.2, 0) is 28.7 Å². The van der Waals surface area contributed by atoms with Gasteiger partial charge in [-0.25, -0.2) is 0 Å². The minimum atomic E-state index is -0.714. The van der Waals surface area contributed by atoms with Gasteiger partial charge in [-0.2, -0.15) is 0 Å². The van der Waals surface area contributed by atoms with Crippen molar-refractivity contribution in [1.82, 2.24) is 20.9 Å². The summed E-state index contributed by atoms with van der Waals surface area (Å²) in [6.07, 6.45) is 2.21. The molecule has 4 amide bonds. The van der Waals surface area contributed by atoms with Crippen molar-refractivity contribution >= 4 is 23.6 Å². The number of aliphatic hydroxyl groups is 1. The first-order chi connectivity index (χ1) is 13.4. The first-order valence-electron chi connectivity index (χ1n) is 9.01. The second-order valence-corrected chi connectivity index (χ2v) is 5.87. The lowest BCUT2D eigenvalue weighted by Crippen LogP contribution is -2.37. The average molecular weight is 400 g/mol. The summed E-state index contributed by atoms with van der Waals surface area (Å²) >= 11 is 0. The fourth-order valence-corrected chi connectivity index (χ4v) is 2.15. The monoisotopic (exact) mass is 400 g/mol. The molecule has 1 aliphatic rings. The standard InChI is InChI=1S/C17H28N4O7/c1-18-13(22)2-3-14(23)19-6-7-20-15(24)12-28-11-10-27-9-8-21-16(25)4-5-17(21)26/h4-5,13,18,22H,2-3,6-12H2,1H3,(H,19,23)(H,20,24). The van der Waals surface area contributed by atoms with Crippen LogP contribution in [0.25, 0.3) is 0 Å². The van der Waals surface area contributed by atoms with Gasteiger partial charge in [0.2, 0.25) is 11.8 Å². The molecule has 11 nitrogen and oxygen atoms in total. The SMILES string of the molecule is CNC(O)CCC(=O)NCCNC(=O)COCCOCCN1C(=O)C=CC1=O. The predicted molar refractivity (Wildman–Crippen MR) is 97.8 cm³/mol. The van der Waals surface area contributed by atoms with E-state index in [1.165, 1.54) is 12.2 Å². The van der Waals surface area contributed by atoms with Crippen LogP contribution in [-0.4, -0.2) is 93.0 Å². The Morgan fingerprint density at radius 2 is 1.64 bits per heavy atom. The number of hydrogen-bond acceptors (Lipinski definition) is 8. The third-order valence-electron chi connectivity index (χ3n) is 3.71. The molecule has 4 N–H and O–H groups in total. The van der Waals surface area contributed by atoms with E-state index >= 15 is 0 Å². The lowest BCUT2D eigenvalue weighted by atomic mass is 10.2. The van der Waals surface area contributed by atoms with Gasteiger partial charge < -0.3 is 25.2 Å². The van der Waals surface area contributed by atoms with Gasteiger partial charge in [0.25, 0.3) is 11.8 Å². The van der Waals surface area contributed by atoms with Crippen molar-refractivity contribution in [1.29, 1.82) is 0 Å². The summed E-state index contributed by atoms with van der Waals surface area (Å²) in [5.41, 5.74) is 0. The van der Waals surface area contributed by atoms with E-state index in [4.69, 9.17) is 9.47 Å². The molecule has 28 heavy (non-hydrogen) atoms. The summed E-state index contributed by atoms with van der Waals surface area (Å²) in [5, 5.41) is 17.1. The molecular formula is C17H28N4O7. The highest BCUT2D eigenvalue weighted by atomic mass is 16.5. The van der Waals surface area contributed by atoms with E-state index in [0.29, 0.717) is 6.42 Å². The van der Waals surface area contributed by atoms with Crippen molar-refractivity contribution in [3.63, 3.8) is 0 Å². The lowest BCUT2D eigenvalue weighted by Gasteiger charge is -2.13. The van der Waals surface area contributed by atoms with Crippen LogP contribution >= 0.6 is 0 Å². The van der Waals surface area contributed by atoms with Crippen molar-refractivity contribution in [2.45, 2.75) is 19.1 Å². The van der Waals surface area contributed by atoms with Crippen LogP contribution < -0.4 is 16.0 Å². The molecule has 0 aliphatic carbocycles. The normalized spacial score (nSPS) is 14.4. The molecule has 0 radical (unpaired) electrons. The summed E-state index contributed by atoms with van der Waals surface area (Å²) in [7, 11) is 1.60. The quantitative estimate of drug-likeness (QED) is 0.134. The van der Waals surface area contributed by atoms with Crippen molar-refractivity contribution in [3.8, 4) is 0 Å². The molecule has 0 aromatic carbocycles. The number of amides is 4. The van der Waals surface area contributed by atoms with Crippen molar-refractivity contribution in [2.24, 2.45) is 0 Å². The Kier molecular flexibility index (Phi) is 11.7. The Morgan fingerprint density at radius 3 is 2.29 bits per heavy atom. The average Bonchev–Trinajstić information content (AvgIpc) is 3.00. The number of hydrogen-bond donors (Lipinski definition) is 4. The van der Waals surface area contributed by atoms with E-state index in [1.54, 1.807) is 7.05 Å². The molecule has 0 saturated carbocycles. The van der Waals surface area contributed by atoms with Crippen LogP contribution in [0.1, 0.15) is 12.8 Å². The van der Waals surface area contributed by atoms with E-state index in [9.17, 15) is 24.3 Å². The van der Waals surface area contributed by atoms with E-state index in [2.05, 4.69) is 16.0 Å². The fourth-order valence-electron chi connectivity index (χ4n) is 2.15. The molecular weight excluding hydrogens is 372 g/mol. The third kappa shape index (κ3) is 10.1. The van der Waals surface area contributed by atoms with Gasteiger partial charge in [0.15, 0.2) is 0 Å². The van der Waals surface area contributed by atoms with Crippen molar-refractivity contribution in [3.05, 3.63) is 12.2 Å². The highest BCUT2D eigenvalue weighted by molar-refractivity contribution is 6.12. The Morgan fingerprint density at radius 1 is 1.04 bits per heavy atom. The zero-order valence-corrected chi connectivity index (χ0v) is 15.9. The first-order valence-corrected chi connectivity index (χ1v) is 9.01. The Labute approximate surface area is 163 Å². The maximum atomic E-state index is 11.6. The van der Waals surface area contributed by atoms with Gasteiger partial charge in [-0.15, -0.1) is 0 Å². The van der Waals surface area contributed by atoms with E-state index in [0.717, 1.165) is 4.90 Å². The van der Waals surface area contributed by atoms with Crippen LogP contribution in [0.3, 0.4) is 0 Å². The maximum absolute atomic E-state index is 11.6. The van der Waals surface area contributed by atoms with Gasteiger partial charge in [0.1, 0.15) is 12.8 Å². The van der Waals surface area contributed by atoms with E-state index < -0.39 is 6.23 Å². The topological polar surface area (TPSA) is 146 Å². The molecule has 11 heteroatoms. The second kappa shape index (κ2) is 13.8. The number of aliphatic hydroxyl groups excluding tert-OH is 1. The van der Waals surface area contributed by atoms with Crippen molar-refractivity contribution < 1.29 is 33.8 Å². The van der Waals surface area contributed by atoms with Gasteiger partial charge >= 0.3 is 0 Å². The smallest absolute Gasteiger partial charge is 0.253 e. The maximum Gasteiger partial charge on any atom is 0.253 e. The molecule has 1 rings (SSSR count). The number of nitrogens with one attached hydrogen (secondary N) is 3. The molecule has 1 atom stereocenters. The molecule has 0 aromatic heterocycles. The molecule has 0 bridgehead atoms. The summed E-state index contributed by atoms with van der Waals surface area (Å²) in [6, 6.07) is 0. The Balaban J connectivity index is 1.91. The van der Waals surface area contributed by atoms with Gasteiger partial charge in [-0.1, -0.05) is 0 Å².